The van der Waals surface area contributed by atoms with E-state index in [2.05, 4.69) is 110 Å². The quantitative estimate of drug-likeness (QED) is 0.275. The van der Waals surface area contributed by atoms with Crippen LogP contribution in [0.2, 0.25) is 0 Å². The molecule has 10 nitrogen and oxygen atoms in total. The van der Waals surface area contributed by atoms with Gasteiger partial charge in [-0.25, -0.2) is 28.7 Å². The largest absolute Gasteiger partial charge is 0.822 e. The standard InChI is InChI=1S/3C9H16N2.H3O4P/c3*1-4-5-6-11-7-8(2)10-9(11)3;1-5(2,3)4/h3*7H,4-6H2,1-3H3;(H3,1,2,3,4). The van der Waals surface area contributed by atoms with Crippen molar-refractivity contribution in [3.63, 3.8) is 0 Å². The van der Waals surface area contributed by atoms with Gasteiger partial charge in [-0.2, -0.15) is 7.82 Å². The molecule has 3 aromatic heterocycles. The van der Waals surface area contributed by atoms with Crippen molar-refractivity contribution in [2.75, 3.05) is 0 Å². The van der Waals surface area contributed by atoms with Crippen molar-refractivity contribution >= 4 is 7.82 Å². The van der Waals surface area contributed by atoms with Gasteiger partial charge in [-0.1, -0.05) is 40.0 Å². The van der Waals surface area contributed by atoms with Crippen molar-refractivity contribution in [3.8, 4) is 0 Å². The van der Waals surface area contributed by atoms with E-state index >= 15 is 0 Å². The first-order valence-electron chi connectivity index (χ1n) is 13.6. The fraction of sp³-hybridized carbons (Fsp3) is 0.667. The Kier molecular flexibility index (Phi) is 17.8. The summed E-state index contributed by atoms with van der Waals surface area (Å²) in [7, 11) is -5.39. The van der Waals surface area contributed by atoms with Crippen molar-refractivity contribution in [2.45, 2.75) is 120 Å². The zero-order valence-electron chi connectivity index (χ0n) is 25.0. The summed E-state index contributed by atoms with van der Waals surface area (Å²) in [5.41, 5.74) is 3.75. The zero-order chi connectivity index (χ0) is 29.3. The molecule has 3 heterocycles. The average molecular weight is 555 g/mol. The summed E-state index contributed by atoms with van der Waals surface area (Å²) in [5.74, 6) is 3.78. The number of aromatic nitrogens is 6. The van der Waals surface area contributed by atoms with Crippen molar-refractivity contribution < 1.29 is 32.9 Å². The number of aryl methyl sites for hydroxylation is 9. The molecule has 0 unspecified atom stereocenters. The third-order valence-corrected chi connectivity index (χ3v) is 5.73. The first-order chi connectivity index (χ1) is 17.7. The highest BCUT2D eigenvalue weighted by molar-refractivity contribution is 7.40. The lowest BCUT2D eigenvalue weighted by molar-refractivity contribution is -0.702. The van der Waals surface area contributed by atoms with Gasteiger partial charge in [-0.15, -0.1) is 0 Å². The van der Waals surface area contributed by atoms with Gasteiger partial charge in [0.25, 0.3) is 17.5 Å². The Hall–Kier alpha value is -2.26. The molecule has 0 saturated heterocycles. The van der Waals surface area contributed by atoms with E-state index in [1.165, 1.54) is 73.1 Å². The maximum atomic E-state index is 8.55. The molecule has 0 atom stereocenters. The maximum Gasteiger partial charge on any atom is 0.251 e. The molecule has 0 aliphatic carbocycles. The molecule has 0 aromatic carbocycles. The van der Waals surface area contributed by atoms with Crippen LogP contribution in [0, 0.1) is 41.5 Å². The number of rotatable bonds is 9. The molecular formula is C27H51N6O4P. The fourth-order valence-corrected chi connectivity index (χ4v) is 3.84. The summed E-state index contributed by atoms with van der Waals surface area (Å²) in [5, 5.41) is 0. The Labute approximate surface area is 229 Å². The number of hydrogen-bond donors (Lipinski definition) is 3. The van der Waals surface area contributed by atoms with Crippen LogP contribution >= 0.6 is 7.82 Å². The molecule has 0 bridgehead atoms. The van der Waals surface area contributed by atoms with Crippen LogP contribution in [-0.4, -0.2) is 15.0 Å². The van der Waals surface area contributed by atoms with Crippen LogP contribution in [0.1, 0.15) is 93.9 Å². The summed E-state index contributed by atoms with van der Waals surface area (Å²) in [6, 6.07) is 0. The Morgan fingerprint density at radius 3 is 0.921 bits per heavy atom. The predicted molar refractivity (Wildman–Crippen MR) is 144 cm³/mol. The number of aromatic amines is 3. The first kappa shape index (κ1) is 35.7. The van der Waals surface area contributed by atoms with Crippen molar-refractivity contribution in [1.29, 1.82) is 0 Å². The molecule has 3 rings (SSSR count). The Morgan fingerprint density at radius 1 is 0.579 bits per heavy atom. The second kappa shape index (κ2) is 18.9. The number of nitrogens with one attached hydrogen (secondary N) is 3. The third-order valence-electron chi connectivity index (χ3n) is 5.73. The molecule has 0 amide bonds. The molecule has 11 heteroatoms. The monoisotopic (exact) mass is 554 g/mol. The number of unbranched alkanes of at least 4 members (excludes halogenated alkanes) is 3. The molecule has 3 N–H and O–H groups in total. The van der Waals surface area contributed by atoms with Gasteiger partial charge < -0.3 is 19.2 Å². The maximum absolute atomic E-state index is 8.55. The summed E-state index contributed by atoms with van der Waals surface area (Å²) < 4.78 is 15.4. The number of nitrogens with zero attached hydrogens (tertiary/aromatic N) is 3. The summed E-state index contributed by atoms with van der Waals surface area (Å²) >= 11 is 0. The second-order valence-corrected chi connectivity index (χ2v) is 10.6. The molecule has 218 valence electrons. The number of hydrogen-bond acceptors (Lipinski definition) is 4. The van der Waals surface area contributed by atoms with Gasteiger partial charge in [0.05, 0.1) is 19.6 Å². The number of imidazole rings is 3. The van der Waals surface area contributed by atoms with Gasteiger partial charge in [0.15, 0.2) is 0 Å². The van der Waals surface area contributed by atoms with E-state index in [4.69, 9.17) is 19.2 Å². The Bertz CT molecular complexity index is 956. The SMILES string of the molecule is CCCC[n+]1cc(C)[nH]c1C.CCCC[n+]1cc(C)[nH]c1C.CCCC[n+]1cc(C)[nH]c1C.O=P([O-])([O-])[O-]. The van der Waals surface area contributed by atoms with Gasteiger partial charge in [0.1, 0.15) is 35.7 Å². The van der Waals surface area contributed by atoms with E-state index in [0.717, 1.165) is 19.6 Å². The summed E-state index contributed by atoms with van der Waals surface area (Å²) in [4.78, 5) is 35.5. The topological polar surface area (TPSA) is 145 Å². The van der Waals surface area contributed by atoms with Crippen LogP contribution < -0.4 is 28.4 Å². The predicted octanol–water partition coefficient (Wildman–Crippen LogP) is 2.33. The van der Waals surface area contributed by atoms with E-state index in [1.54, 1.807) is 0 Å². The smallest absolute Gasteiger partial charge is 0.251 e. The summed E-state index contributed by atoms with van der Waals surface area (Å²) in [6.07, 6.45) is 14.1. The van der Waals surface area contributed by atoms with E-state index in [0.29, 0.717) is 0 Å². The lowest BCUT2D eigenvalue weighted by Crippen LogP contribution is -2.34. The van der Waals surface area contributed by atoms with Gasteiger partial charge in [-0.05, 0) is 19.3 Å². The van der Waals surface area contributed by atoms with Crippen LogP contribution in [0.4, 0.5) is 0 Å². The van der Waals surface area contributed by atoms with E-state index in [1.807, 2.05) is 0 Å². The molecule has 0 saturated carbocycles. The first-order valence-corrected chi connectivity index (χ1v) is 15.1. The second-order valence-electron chi connectivity index (χ2n) is 9.66. The van der Waals surface area contributed by atoms with Crippen LogP contribution in [0.3, 0.4) is 0 Å². The highest BCUT2D eigenvalue weighted by Gasteiger charge is 2.07. The van der Waals surface area contributed by atoms with Crippen LogP contribution in [-0.2, 0) is 24.2 Å². The molecule has 0 spiro atoms. The number of H-pyrrole nitrogens is 3. The van der Waals surface area contributed by atoms with Crippen LogP contribution in [0.25, 0.3) is 0 Å². The van der Waals surface area contributed by atoms with Gasteiger partial charge in [-0.3, -0.25) is 0 Å². The molecule has 0 fully saturated rings. The summed E-state index contributed by atoms with van der Waals surface area (Å²) in [6.45, 7) is 22.7. The molecule has 38 heavy (non-hydrogen) atoms. The van der Waals surface area contributed by atoms with Gasteiger partial charge in [0.2, 0.25) is 0 Å². The van der Waals surface area contributed by atoms with Crippen molar-refractivity contribution in [2.24, 2.45) is 0 Å². The van der Waals surface area contributed by atoms with E-state index in [9.17, 15) is 0 Å². The molecule has 0 aliphatic rings. The third kappa shape index (κ3) is 17.3. The molecule has 3 aromatic rings. The minimum atomic E-state index is -5.39. The number of phosphoric acid groups is 1. The minimum Gasteiger partial charge on any atom is -0.822 e. The van der Waals surface area contributed by atoms with Crippen LogP contribution in [0.15, 0.2) is 18.6 Å². The lowest BCUT2D eigenvalue weighted by Gasteiger charge is -2.36. The van der Waals surface area contributed by atoms with Crippen molar-refractivity contribution in [1.82, 2.24) is 15.0 Å². The molecule has 0 aliphatic heterocycles. The molecular weight excluding hydrogens is 503 g/mol. The van der Waals surface area contributed by atoms with Gasteiger partial charge in [0, 0.05) is 41.5 Å². The normalized spacial score (nSPS) is 10.6. The van der Waals surface area contributed by atoms with E-state index < -0.39 is 7.82 Å². The van der Waals surface area contributed by atoms with E-state index in [-0.39, 0.29) is 0 Å². The average Bonchev–Trinajstić information content (AvgIpc) is 3.43. The zero-order valence-corrected chi connectivity index (χ0v) is 25.9. The minimum absolute atomic E-state index is 1.15. The van der Waals surface area contributed by atoms with Crippen molar-refractivity contribution in [3.05, 3.63) is 53.1 Å². The van der Waals surface area contributed by atoms with Crippen LogP contribution in [0.5, 0.6) is 0 Å². The Morgan fingerprint density at radius 2 is 0.789 bits per heavy atom. The fourth-order valence-electron chi connectivity index (χ4n) is 3.84. The Balaban J connectivity index is 0.000000497. The molecule has 0 radical (unpaired) electrons. The lowest BCUT2D eigenvalue weighted by atomic mass is 10.3. The highest BCUT2D eigenvalue weighted by atomic mass is 31.2. The highest BCUT2D eigenvalue weighted by Crippen LogP contribution is 2.03. The van der Waals surface area contributed by atoms with Gasteiger partial charge >= 0.3 is 0 Å².